The summed E-state index contributed by atoms with van der Waals surface area (Å²) in [5.41, 5.74) is 5.09. The molecule has 0 nitrogen and oxygen atoms in total. The van der Waals surface area contributed by atoms with E-state index in [1.54, 1.807) is 16.7 Å². The van der Waals surface area contributed by atoms with E-state index in [4.69, 9.17) is 0 Å². The van der Waals surface area contributed by atoms with Crippen molar-refractivity contribution in [3.8, 4) is 0 Å². The zero-order valence-electron chi connectivity index (χ0n) is 30.4. The quantitative estimate of drug-likeness (QED) is 0.164. The van der Waals surface area contributed by atoms with Gasteiger partial charge in [-0.15, -0.1) is 21.4 Å². The molecule has 0 fully saturated rings. The van der Waals surface area contributed by atoms with Gasteiger partial charge in [0.05, 0.1) is 0 Å². The van der Waals surface area contributed by atoms with E-state index in [-0.39, 0.29) is 40.8 Å². The van der Waals surface area contributed by atoms with Crippen molar-refractivity contribution in [2.24, 2.45) is 0 Å². The van der Waals surface area contributed by atoms with Gasteiger partial charge in [-0.2, -0.15) is 17.2 Å². The fourth-order valence-electron chi connectivity index (χ4n) is 6.37. The molecule has 0 aliphatic rings. The second kappa shape index (κ2) is 15.2. The Morgan fingerprint density at radius 2 is 0.780 bits per heavy atom. The molecule has 0 spiro atoms. The third-order valence-corrected chi connectivity index (χ3v) is 19.3. The summed E-state index contributed by atoms with van der Waals surface area (Å²) in [4.78, 5) is 0. The predicted octanol–water partition coefficient (Wildman–Crippen LogP) is 13.5. The normalized spacial score (nSPS) is 13.9. The first kappa shape index (κ1) is 41.5. The molecular formula is C37H67FeP3-6. The van der Waals surface area contributed by atoms with Crippen molar-refractivity contribution < 1.29 is 17.1 Å². The van der Waals surface area contributed by atoms with Crippen LogP contribution in [-0.4, -0.2) is 30.9 Å². The summed E-state index contributed by atoms with van der Waals surface area (Å²) in [5, 5.41) is 2.10. The van der Waals surface area contributed by atoms with Crippen LogP contribution >= 0.6 is 23.8 Å². The molecule has 41 heavy (non-hydrogen) atoms. The van der Waals surface area contributed by atoms with Gasteiger partial charge < -0.3 is 30.3 Å². The third kappa shape index (κ3) is 13.6. The van der Waals surface area contributed by atoms with Crippen LogP contribution in [0, 0.1) is 0 Å². The number of rotatable bonds is 6. The first-order chi connectivity index (χ1) is 17.7. The fourth-order valence-corrected chi connectivity index (χ4v) is 17.2. The molecule has 0 heterocycles. The van der Waals surface area contributed by atoms with E-state index in [0.29, 0.717) is 30.9 Å². The van der Waals surface area contributed by atoms with Gasteiger partial charge in [0.25, 0.3) is 0 Å². The van der Waals surface area contributed by atoms with Crippen molar-refractivity contribution in [3.63, 3.8) is 0 Å². The molecular weight excluding hydrogens is 593 g/mol. The molecule has 2 aromatic carbocycles. The van der Waals surface area contributed by atoms with Crippen LogP contribution in [0.2, 0.25) is 0 Å². The largest absolute Gasteiger partial charge is 0.748 e. The molecule has 0 atom stereocenters. The Morgan fingerprint density at radius 3 is 1.07 bits per heavy atom. The molecule has 0 radical (unpaired) electrons. The summed E-state index contributed by atoms with van der Waals surface area (Å²) in [7, 11) is -0.486. The molecule has 4 heteroatoms. The molecule has 0 unspecified atom stereocenters. The van der Waals surface area contributed by atoms with Crippen LogP contribution in [0.25, 0.3) is 0 Å². The predicted molar refractivity (Wildman–Crippen MR) is 194 cm³/mol. The van der Waals surface area contributed by atoms with Gasteiger partial charge in [0, 0.05) is 17.1 Å². The third-order valence-electron chi connectivity index (χ3n) is 7.65. The first-order valence-corrected chi connectivity index (χ1v) is 20.0. The summed E-state index contributed by atoms with van der Waals surface area (Å²) in [6.07, 6.45) is 3.80. The van der Waals surface area contributed by atoms with Gasteiger partial charge in [-0.1, -0.05) is 145 Å². The van der Waals surface area contributed by atoms with Crippen molar-refractivity contribution in [2.75, 3.05) is 0 Å². The molecule has 0 aliphatic heterocycles. The van der Waals surface area contributed by atoms with E-state index < -0.39 is 0 Å². The van der Waals surface area contributed by atoms with E-state index in [0.717, 1.165) is 0 Å². The zero-order valence-corrected chi connectivity index (χ0v) is 34.1. The summed E-state index contributed by atoms with van der Waals surface area (Å²) in [6, 6.07) is 15.1. The molecule has 2 aromatic rings. The minimum absolute atomic E-state index is 0. The van der Waals surface area contributed by atoms with Crippen LogP contribution in [0.5, 0.6) is 0 Å². The minimum atomic E-state index is -0.174. The van der Waals surface area contributed by atoms with Crippen molar-refractivity contribution >= 4 is 23.8 Å². The van der Waals surface area contributed by atoms with Crippen molar-refractivity contribution in [3.05, 3.63) is 59.2 Å². The van der Waals surface area contributed by atoms with Crippen LogP contribution in [0.4, 0.5) is 0 Å². The summed E-state index contributed by atoms with van der Waals surface area (Å²) < 4.78 is 0. The fraction of sp³-hybridized carbons (Fsp3) is 0.730. The Hall–Kier alpha value is 0.509. The van der Waals surface area contributed by atoms with E-state index in [1.165, 1.54) is 18.5 Å². The molecule has 0 N–H and O–H groups in total. The van der Waals surface area contributed by atoms with E-state index >= 15 is 0 Å². The van der Waals surface area contributed by atoms with Crippen molar-refractivity contribution in [1.29, 1.82) is 0 Å². The standard InChI is InChI=1S/C32H62P3.C5H5.Fe/c1-27(2,3)33(28(4,5)6)21-24-19-20-25(22-34(29(7,8)9)30(10,11)12)26(24)23-35(31(13,14)15)32(16,17)18;1-2-4-5-3-1;/h19-20H,21-23H2,1-18H3;1-5H;/q-1;-5;. The molecule has 0 aliphatic carbocycles. The van der Waals surface area contributed by atoms with Gasteiger partial charge in [-0.05, 0) is 37.1 Å². The number of hydrogen-bond acceptors (Lipinski definition) is 0. The Kier molecular flexibility index (Phi) is 15.4. The summed E-state index contributed by atoms with van der Waals surface area (Å²) in [5.74, 6) is 0. The van der Waals surface area contributed by atoms with Gasteiger partial charge in [0.1, 0.15) is 0 Å². The van der Waals surface area contributed by atoms with Crippen molar-refractivity contribution in [1.82, 2.24) is 0 Å². The smallest absolute Gasteiger partial charge is 0 e. The maximum atomic E-state index is 2.55. The molecule has 2 rings (SSSR count). The van der Waals surface area contributed by atoms with Gasteiger partial charge in [0.15, 0.2) is 0 Å². The monoisotopic (exact) mass is 660 g/mol. The van der Waals surface area contributed by atoms with Gasteiger partial charge in [0.2, 0.25) is 0 Å². The van der Waals surface area contributed by atoms with E-state index in [2.05, 4.69) is 137 Å². The van der Waals surface area contributed by atoms with Gasteiger partial charge in [-0.3, -0.25) is 0 Å². The second-order valence-corrected chi connectivity index (χ2v) is 29.2. The minimum Gasteiger partial charge on any atom is -0.748 e. The van der Waals surface area contributed by atoms with E-state index in [9.17, 15) is 0 Å². The van der Waals surface area contributed by atoms with Crippen molar-refractivity contribution in [2.45, 2.75) is 174 Å². The topological polar surface area (TPSA) is 0 Å². The average Bonchev–Trinajstić information content (AvgIpc) is 3.36. The second-order valence-electron chi connectivity index (χ2n) is 17.6. The van der Waals surface area contributed by atoms with E-state index in [1.807, 2.05) is 30.3 Å². The van der Waals surface area contributed by atoms with Crippen LogP contribution in [0.15, 0.2) is 42.5 Å². The number of hydrogen-bond donors (Lipinski definition) is 0. The summed E-state index contributed by atoms with van der Waals surface area (Å²) in [6.45, 7) is 44.6. The Labute approximate surface area is 272 Å². The Morgan fingerprint density at radius 1 is 0.488 bits per heavy atom. The molecule has 0 saturated carbocycles. The van der Waals surface area contributed by atoms with Crippen LogP contribution in [0.3, 0.4) is 0 Å². The Balaban J connectivity index is 0.00000239. The molecule has 0 amide bonds. The SMILES string of the molecule is CC(C)(C)P(Cc1cc[c-](CP(C(C)(C)C)C(C)(C)C)c1CP(C(C)(C)C)C(C)(C)C)C(C)(C)C.[Fe].[cH-]1[cH-][cH-][cH-][cH-]1. The summed E-state index contributed by atoms with van der Waals surface area (Å²) >= 11 is 0. The van der Waals surface area contributed by atoms with Gasteiger partial charge >= 0.3 is 0 Å². The maximum Gasteiger partial charge on any atom is 0 e. The van der Waals surface area contributed by atoms with Crippen LogP contribution in [0.1, 0.15) is 141 Å². The molecule has 244 valence electrons. The van der Waals surface area contributed by atoms with Crippen LogP contribution in [-0.2, 0) is 35.6 Å². The molecule has 0 bridgehead atoms. The molecule has 0 saturated heterocycles. The Bertz CT molecular complexity index is 877. The van der Waals surface area contributed by atoms with Crippen LogP contribution < -0.4 is 0 Å². The van der Waals surface area contributed by atoms with Gasteiger partial charge in [-0.25, -0.2) is 6.07 Å². The average molecular weight is 661 g/mol. The zero-order chi connectivity index (χ0) is 31.5. The maximum absolute atomic E-state index is 2.55. The molecule has 0 aromatic heterocycles. The first-order valence-electron chi connectivity index (χ1n) is 15.4.